The molecule has 6 nitrogen and oxygen atoms in total. The molecule has 0 spiro atoms. The lowest BCUT2D eigenvalue weighted by molar-refractivity contribution is -0.116. The van der Waals surface area contributed by atoms with Crippen molar-refractivity contribution in [3.05, 3.63) is 52.6 Å². The Morgan fingerprint density at radius 1 is 1.25 bits per heavy atom. The smallest absolute Gasteiger partial charge is 0.272 e. The van der Waals surface area contributed by atoms with Crippen LogP contribution in [0.2, 0.25) is 0 Å². The first-order chi connectivity index (χ1) is 12.9. The summed E-state index contributed by atoms with van der Waals surface area (Å²) in [4.78, 5) is 37.5. The molecular formula is C21H22FN3O3. The van der Waals surface area contributed by atoms with E-state index in [1.54, 1.807) is 20.0 Å². The van der Waals surface area contributed by atoms with Crippen LogP contribution in [0.3, 0.4) is 0 Å². The zero-order chi connectivity index (χ0) is 21.2. The van der Waals surface area contributed by atoms with Gasteiger partial charge in [0.05, 0.1) is 5.56 Å². The molecule has 1 aromatic heterocycles. The average molecular weight is 383 g/mol. The van der Waals surface area contributed by atoms with Gasteiger partial charge in [0.2, 0.25) is 11.6 Å². The van der Waals surface area contributed by atoms with Crippen LogP contribution >= 0.6 is 0 Å². The van der Waals surface area contributed by atoms with Gasteiger partial charge in [-0.3, -0.25) is 14.4 Å². The van der Waals surface area contributed by atoms with Crippen LogP contribution in [0, 0.1) is 29.5 Å². The molecule has 146 valence electrons. The van der Waals surface area contributed by atoms with Gasteiger partial charge in [-0.2, -0.15) is 5.26 Å². The van der Waals surface area contributed by atoms with Crippen molar-refractivity contribution in [1.82, 2.24) is 4.57 Å². The molecule has 1 aromatic carbocycles. The summed E-state index contributed by atoms with van der Waals surface area (Å²) in [6.07, 6.45) is 1.56. The fraction of sp³-hybridized carbons (Fsp3) is 0.333. The molecule has 0 unspecified atom stereocenters. The van der Waals surface area contributed by atoms with Crippen LogP contribution < -0.4 is 5.32 Å². The molecular weight excluding hydrogens is 361 g/mol. The van der Waals surface area contributed by atoms with E-state index in [1.807, 2.05) is 20.8 Å². The first kappa shape index (κ1) is 21.0. The Bertz CT molecular complexity index is 1010. The summed E-state index contributed by atoms with van der Waals surface area (Å²) < 4.78 is 14.9. The number of carbonyl (C=O) groups is 3. The number of amides is 1. The van der Waals surface area contributed by atoms with Gasteiger partial charge in [0.1, 0.15) is 17.6 Å². The normalized spacial score (nSPS) is 11.0. The van der Waals surface area contributed by atoms with Gasteiger partial charge in [0.25, 0.3) is 5.91 Å². The van der Waals surface area contributed by atoms with E-state index in [-0.39, 0.29) is 34.3 Å². The number of rotatable bonds is 5. The molecule has 0 saturated heterocycles. The van der Waals surface area contributed by atoms with Crippen molar-refractivity contribution >= 4 is 23.2 Å². The zero-order valence-electron chi connectivity index (χ0n) is 16.5. The van der Waals surface area contributed by atoms with E-state index in [9.17, 15) is 18.8 Å². The van der Waals surface area contributed by atoms with Gasteiger partial charge in [0.15, 0.2) is 0 Å². The molecule has 2 rings (SSSR count). The minimum atomic E-state index is -0.680. The Morgan fingerprint density at radius 3 is 2.46 bits per heavy atom. The highest BCUT2D eigenvalue weighted by atomic mass is 19.1. The summed E-state index contributed by atoms with van der Waals surface area (Å²) in [7, 11) is 1.60. The molecule has 7 heteroatoms. The summed E-state index contributed by atoms with van der Waals surface area (Å²) in [5, 5.41) is 11.5. The molecule has 0 atom stereocenters. The van der Waals surface area contributed by atoms with E-state index in [1.165, 1.54) is 22.9 Å². The number of hydrogen-bond donors (Lipinski definition) is 1. The number of nitriles is 1. The summed E-state index contributed by atoms with van der Waals surface area (Å²) >= 11 is 0. The number of hydrogen-bond acceptors (Lipinski definition) is 4. The van der Waals surface area contributed by atoms with E-state index in [0.29, 0.717) is 5.56 Å². The lowest BCUT2D eigenvalue weighted by atomic mass is 9.87. The number of Topliss-reactive ketones (excluding diaryl/α,β-unsaturated/α-hetero) is 2. The topological polar surface area (TPSA) is 92.0 Å². The number of benzene rings is 1. The molecule has 2 aromatic rings. The second kappa shape index (κ2) is 7.77. The SMILES string of the molecule is Cc1c(C(=O)C(=O)CC(C)(C)C)cn(C)c1C(=O)Nc1ccc(F)c(C#N)c1. The van der Waals surface area contributed by atoms with Gasteiger partial charge in [-0.15, -0.1) is 0 Å². The van der Waals surface area contributed by atoms with E-state index in [2.05, 4.69) is 5.32 Å². The Morgan fingerprint density at radius 2 is 1.89 bits per heavy atom. The molecule has 0 fully saturated rings. The maximum Gasteiger partial charge on any atom is 0.272 e. The number of nitrogens with zero attached hydrogens (tertiary/aromatic N) is 2. The van der Waals surface area contributed by atoms with Gasteiger partial charge in [-0.25, -0.2) is 4.39 Å². The second-order valence-corrected chi connectivity index (χ2v) is 7.88. The Labute approximate surface area is 163 Å². The molecule has 1 heterocycles. The molecule has 0 saturated carbocycles. The van der Waals surface area contributed by atoms with Crippen molar-refractivity contribution in [2.24, 2.45) is 12.5 Å². The summed E-state index contributed by atoms with van der Waals surface area (Å²) in [6, 6.07) is 5.36. The number of aromatic nitrogens is 1. The second-order valence-electron chi connectivity index (χ2n) is 7.88. The summed E-state index contributed by atoms with van der Waals surface area (Å²) in [5.41, 5.74) is 0.505. The summed E-state index contributed by atoms with van der Waals surface area (Å²) in [5.74, 6) is -2.35. The van der Waals surface area contributed by atoms with Gasteiger partial charge in [-0.1, -0.05) is 20.8 Å². The van der Waals surface area contributed by atoms with Crippen LogP contribution in [0.5, 0.6) is 0 Å². The van der Waals surface area contributed by atoms with Crippen LogP contribution in [0.25, 0.3) is 0 Å². The zero-order valence-corrected chi connectivity index (χ0v) is 16.5. The molecule has 0 aliphatic heterocycles. The number of anilines is 1. The van der Waals surface area contributed by atoms with E-state index < -0.39 is 23.3 Å². The molecule has 0 aliphatic carbocycles. The third-order valence-corrected chi connectivity index (χ3v) is 4.18. The van der Waals surface area contributed by atoms with Crippen molar-refractivity contribution in [3.8, 4) is 6.07 Å². The predicted octanol–water partition coefficient (Wildman–Crippen LogP) is 3.78. The highest BCUT2D eigenvalue weighted by Gasteiger charge is 2.28. The van der Waals surface area contributed by atoms with Gasteiger partial charge in [-0.05, 0) is 36.1 Å². The first-order valence-electron chi connectivity index (χ1n) is 8.69. The standard InChI is InChI=1S/C21H22FN3O3/c1-12-15(19(27)17(26)9-21(2,3)4)11-25(5)18(12)20(28)24-14-6-7-16(22)13(8-14)10-23/h6-8,11H,9H2,1-5H3,(H,24,28). The number of nitrogens with one attached hydrogen (secondary N) is 1. The third-order valence-electron chi connectivity index (χ3n) is 4.18. The first-order valence-corrected chi connectivity index (χ1v) is 8.69. The number of aryl methyl sites for hydroxylation is 1. The van der Waals surface area contributed by atoms with Crippen molar-refractivity contribution in [2.75, 3.05) is 5.32 Å². The maximum atomic E-state index is 13.4. The molecule has 1 amide bonds. The quantitative estimate of drug-likeness (QED) is 0.628. The minimum absolute atomic E-state index is 0.105. The number of carbonyl (C=O) groups excluding carboxylic acids is 3. The minimum Gasteiger partial charge on any atom is -0.346 e. The van der Waals surface area contributed by atoms with E-state index in [4.69, 9.17) is 5.26 Å². The molecule has 0 bridgehead atoms. The number of ketones is 2. The molecule has 28 heavy (non-hydrogen) atoms. The van der Waals surface area contributed by atoms with Gasteiger partial charge in [0, 0.05) is 30.9 Å². The van der Waals surface area contributed by atoms with Crippen molar-refractivity contribution < 1.29 is 18.8 Å². The van der Waals surface area contributed by atoms with Gasteiger partial charge < -0.3 is 9.88 Å². The van der Waals surface area contributed by atoms with Crippen LogP contribution in [0.1, 0.15) is 59.2 Å². The largest absolute Gasteiger partial charge is 0.346 e. The van der Waals surface area contributed by atoms with Crippen LogP contribution in [-0.4, -0.2) is 22.0 Å². The van der Waals surface area contributed by atoms with Crippen LogP contribution in [0.4, 0.5) is 10.1 Å². The molecule has 1 N–H and O–H groups in total. The highest BCUT2D eigenvalue weighted by molar-refractivity contribution is 6.44. The average Bonchev–Trinajstić information content (AvgIpc) is 2.88. The highest BCUT2D eigenvalue weighted by Crippen LogP contribution is 2.23. The Hall–Kier alpha value is -3.27. The van der Waals surface area contributed by atoms with E-state index >= 15 is 0 Å². The Balaban J connectivity index is 2.30. The number of halogens is 1. The fourth-order valence-corrected chi connectivity index (χ4v) is 2.90. The molecule has 0 aliphatic rings. The third kappa shape index (κ3) is 4.52. The van der Waals surface area contributed by atoms with E-state index in [0.717, 1.165) is 6.07 Å². The van der Waals surface area contributed by atoms with Crippen molar-refractivity contribution in [2.45, 2.75) is 34.1 Å². The van der Waals surface area contributed by atoms with Crippen molar-refractivity contribution in [3.63, 3.8) is 0 Å². The fourth-order valence-electron chi connectivity index (χ4n) is 2.90. The maximum absolute atomic E-state index is 13.4. The molecule has 0 radical (unpaired) electrons. The van der Waals surface area contributed by atoms with Crippen molar-refractivity contribution in [1.29, 1.82) is 5.26 Å². The van der Waals surface area contributed by atoms with Gasteiger partial charge >= 0.3 is 0 Å². The summed E-state index contributed by atoms with van der Waals surface area (Å²) in [6.45, 7) is 7.20. The van der Waals surface area contributed by atoms with Crippen LogP contribution in [0.15, 0.2) is 24.4 Å². The van der Waals surface area contributed by atoms with Crippen LogP contribution in [-0.2, 0) is 11.8 Å². The Kier molecular flexibility index (Phi) is 5.84. The monoisotopic (exact) mass is 383 g/mol. The lowest BCUT2D eigenvalue weighted by Crippen LogP contribution is -2.21. The lowest BCUT2D eigenvalue weighted by Gasteiger charge is -2.15. The predicted molar refractivity (Wildman–Crippen MR) is 103 cm³/mol.